The van der Waals surface area contributed by atoms with Crippen molar-refractivity contribution in [3.63, 3.8) is 0 Å². The van der Waals surface area contributed by atoms with Gasteiger partial charge in [-0.3, -0.25) is 4.79 Å². The first-order valence-corrected chi connectivity index (χ1v) is 11.4. The van der Waals surface area contributed by atoms with E-state index in [4.69, 9.17) is 26.3 Å². The molecule has 2 aromatic carbocycles. The van der Waals surface area contributed by atoms with E-state index < -0.39 is 0 Å². The first-order valence-electron chi connectivity index (χ1n) is 11.0. The number of anilines is 1. The second-order valence-corrected chi connectivity index (χ2v) is 8.72. The number of methoxy groups -OCH3 is 1. The van der Waals surface area contributed by atoms with Gasteiger partial charge in [-0.25, -0.2) is 0 Å². The summed E-state index contributed by atoms with van der Waals surface area (Å²) in [6, 6.07) is 13.1. The summed E-state index contributed by atoms with van der Waals surface area (Å²) in [5.41, 5.74) is 2.20. The van der Waals surface area contributed by atoms with E-state index in [0.29, 0.717) is 53.3 Å². The summed E-state index contributed by atoms with van der Waals surface area (Å²) < 4.78 is 11.3. The molecule has 0 saturated carbocycles. The molecule has 0 aromatic heterocycles. The number of halogens is 1. The molecule has 1 heterocycles. The number of carbonyl (C=O) groups excluding carboxylic acids is 1. The van der Waals surface area contributed by atoms with Crippen molar-refractivity contribution in [3.8, 4) is 17.6 Å². The van der Waals surface area contributed by atoms with Crippen molar-refractivity contribution in [1.82, 2.24) is 4.90 Å². The predicted molar refractivity (Wildman–Crippen MR) is 127 cm³/mol. The number of nitriles is 1. The molecule has 3 rings (SSSR count). The van der Waals surface area contributed by atoms with E-state index >= 15 is 0 Å². The van der Waals surface area contributed by atoms with Gasteiger partial charge in [0.25, 0.3) is 5.91 Å². The molecule has 0 atom stereocenters. The lowest BCUT2D eigenvalue weighted by molar-refractivity contribution is 0.0766. The molecule has 170 valence electrons. The van der Waals surface area contributed by atoms with E-state index in [2.05, 4.69) is 24.8 Å². The van der Waals surface area contributed by atoms with Crippen LogP contribution in [0.3, 0.4) is 0 Å². The van der Waals surface area contributed by atoms with Crippen molar-refractivity contribution in [2.75, 3.05) is 44.8 Å². The highest BCUT2D eigenvalue weighted by molar-refractivity contribution is 6.32. The molecule has 0 spiro atoms. The number of ether oxygens (including phenoxy) is 2. The third-order valence-electron chi connectivity index (χ3n) is 5.56. The summed E-state index contributed by atoms with van der Waals surface area (Å²) in [5.74, 6) is 1.40. The van der Waals surface area contributed by atoms with Crippen molar-refractivity contribution in [1.29, 1.82) is 5.26 Å². The molecule has 1 fully saturated rings. The van der Waals surface area contributed by atoms with E-state index in [1.807, 2.05) is 29.2 Å². The first kappa shape index (κ1) is 23.7. The smallest absolute Gasteiger partial charge is 0.254 e. The third kappa shape index (κ3) is 5.86. The molecule has 7 heteroatoms. The Morgan fingerprint density at radius 2 is 1.91 bits per heavy atom. The fourth-order valence-corrected chi connectivity index (χ4v) is 3.95. The van der Waals surface area contributed by atoms with E-state index in [1.165, 1.54) is 0 Å². The van der Waals surface area contributed by atoms with Crippen LogP contribution in [0.25, 0.3) is 0 Å². The van der Waals surface area contributed by atoms with E-state index in [0.717, 1.165) is 31.6 Å². The second-order valence-electron chi connectivity index (χ2n) is 8.31. The Hall–Kier alpha value is -2.91. The molecular formula is C25H30ClN3O3. The monoisotopic (exact) mass is 455 g/mol. The molecule has 0 N–H and O–H groups in total. The van der Waals surface area contributed by atoms with Gasteiger partial charge in [-0.05, 0) is 55.2 Å². The summed E-state index contributed by atoms with van der Waals surface area (Å²) in [5, 5.41) is 9.37. The SMILES string of the molecule is COc1cc(C(=O)N2CCCN(c3ccc(C#N)cc3)CC2)cc(Cl)c1OCCC(C)C. The number of rotatable bonds is 7. The quantitative estimate of drug-likeness (QED) is 0.587. The molecule has 1 amide bonds. The van der Waals surface area contributed by atoms with Crippen molar-refractivity contribution in [3.05, 3.63) is 52.5 Å². The fraction of sp³-hybridized carbons (Fsp3) is 0.440. The van der Waals surface area contributed by atoms with Crippen molar-refractivity contribution < 1.29 is 14.3 Å². The average Bonchev–Trinajstić information content (AvgIpc) is 3.05. The van der Waals surface area contributed by atoms with Gasteiger partial charge in [0.1, 0.15) is 0 Å². The van der Waals surface area contributed by atoms with Crippen LogP contribution in [0.5, 0.6) is 11.5 Å². The van der Waals surface area contributed by atoms with Crippen LogP contribution in [0.4, 0.5) is 5.69 Å². The standard InChI is InChI=1S/C25H30ClN3O3/c1-18(2)9-14-32-24-22(26)15-20(16-23(24)31-3)25(30)29-11-4-10-28(12-13-29)21-7-5-19(17-27)6-8-21/h5-8,15-16,18H,4,9-14H2,1-3H3. The van der Waals surface area contributed by atoms with Gasteiger partial charge in [-0.1, -0.05) is 25.4 Å². The Morgan fingerprint density at radius 1 is 1.16 bits per heavy atom. The highest BCUT2D eigenvalue weighted by Crippen LogP contribution is 2.37. The van der Waals surface area contributed by atoms with Gasteiger partial charge in [0, 0.05) is 37.4 Å². The van der Waals surface area contributed by atoms with Gasteiger partial charge in [0.2, 0.25) is 0 Å². The Bertz CT molecular complexity index is 970. The van der Waals surface area contributed by atoms with Crippen molar-refractivity contribution >= 4 is 23.2 Å². The fourth-order valence-electron chi connectivity index (χ4n) is 3.69. The molecule has 6 nitrogen and oxygen atoms in total. The zero-order chi connectivity index (χ0) is 23.1. The van der Waals surface area contributed by atoms with Crippen molar-refractivity contribution in [2.45, 2.75) is 26.7 Å². The number of nitrogens with zero attached hydrogens (tertiary/aromatic N) is 3. The largest absolute Gasteiger partial charge is 0.493 e. The number of hydrogen-bond donors (Lipinski definition) is 0. The maximum absolute atomic E-state index is 13.2. The van der Waals surface area contributed by atoms with Crippen LogP contribution >= 0.6 is 11.6 Å². The predicted octanol–water partition coefficient (Wildman–Crippen LogP) is 5.00. The summed E-state index contributed by atoms with van der Waals surface area (Å²) in [7, 11) is 1.55. The van der Waals surface area contributed by atoms with Gasteiger partial charge in [-0.2, -0.15) is 5.26 Å². The molecule has 0 radical (unpaired) electrons. The van der Waals surface area contributed by atoms with Gasteiger partial charge < -0.3 is 19.3 Å². The highest BCUT2D eigenvalue weighted by Gasteiger charge is 2.23. The lowest BCUT2D eigenvalue weighted by Crippen LogP contribution is -2.35. The summed E-state index contributed by atoms with van der Waals surface area (Å²) in [4.78, 5) is 17.3. The van der Waals surface area contributed by atoms with Gasteiger partial charge in [-0.15, -0.1) is 0 Å². The Kier molecular flexibility index (Phi) is 8.24. The van der Waals surface area contributed by atoms with Crippen LogP contribution in [0.2, 0.25) is 5.02 Å². The highest BCUT2D eigenvalue weighted by atomic mass is 35.5. The first-order chi connectivity index (χ1) is 15.4. The third-order valence-corrected chi connectivity index (χ3v) is 5.84. The van der Waals surface area contributed by atoms with Crippen LogP contribution in [-0.4, -0.2) is 50.7 Å². The molecule has 32 heavy (non-hydrogen) atoms. The maximum atomic E-state index is 13.2. The molecule has 2 aromatic rings. The van der Waals surface area contributed by atoms with E-state index in [1.54, 1.807) is 19.2 Å². The second kappa shape index (κ2) is 11.1. The minimum atomic E-state index is -0.0689. The maximum Gasteiger partial charge on any atom is 0.254 e. The number of carbonyl (C=O) groups is 1. The van der Waals surface area contributed by atoms with Crippen LogP contribution in [0.15, 0.2) is 36.4 Å². The topological polar surface area (TPSA) is 65.8 Å². The van der Waals surface area contributed by atoms with Crippen LogP contribution in [0, 0.1) is 17.2 Å². The lowest BCUT2D eigenvalue weighted by Gasteiger charge is -2.24. The van der Waals surface area contributed by atoms with Gasteiger partial charge in [0.05, 0.1) is 30.4 Å². The lowest BCUT2D eigenvalue weighted by atomic mass is 10.1. The number of hydrogen-bond acceptors (Lipinski definition) is 5. The zero-order valence-corrected chi connectivity index (χ0v) is 19.7. The Morgan fingerprint density at radius 3 is 2.56 bits per heavy atom. The molecule has 0 unspecified atom stereocenters. The molecule has 0 aliphatic carbocycles. The average molecular weight is 456 g/mol. The summed E-state index contributed by atoms with van der Waals surface area (Å²) in [6.45, 7) is 7.64. The normalized spacial score (nSPS) is 14.1. The molecule has 0 bridgehead atoms. The molecule has 1 aliphatic rings. The van der Waals surface area contributed by atoms with Crippen LogP contribution in [0.1, 0.15) is 42.6 Å². The Balaban J connectivity index is 1.70. The molecule has 1 saturated heterocycles. The molecule has 1 aliphatic heterocycles. The summed E-state index contributed by atoms with van der Waals surface area (Å²) >= 11 is 6.46. The van der Waals surface area contributed by atoms with Gasteiger partial charge >= 0.3 is 0 Å². The van der Waals surface area contributed by atoms with E-state index in [9.17, 15) is 4.79 Å². The minimum absolute atomic E-state index is 0.0689. The summed E-state index contributed by atoms with van der Waals surface area (Å²) in [6.07, 6.45) is 1.76. The minimum Gasteiger partial charge on any atom is -0.493 e. The van der Waals surface area contributed by atoms with Crippen LogP contribution < -0.4 is 14.4 Å². The number of amides is 1. The van der Waals surface area contributed by atoms with Crippen molar-refractivity contribution in [2.24, 2.45) is 5.92 Å². The van der Waals surface area contributed by atoms with Gasteiger partial charge in [0.15, 0.2) is 11.5 Å². The number of benzene rings is 2. The van der Waals surface area contributed by atoms with E-state index in [-0.39, 0.29) is 5.91 Å². The molecular weight excluding hydrogens is 426 g/mol. The zero-order valence-electron chi connectivity index (χ0n) is 18.9. The Labute approximate surface area is 195 Å². The van der Waals surface area contributed by atoms with Crippen LogP contribution in [-0.2, 0) is 0 Å².